The summed E-state index contributed by atoms with van der Waals surface area (Å²) in [6.45, 7) is 4.34. The van der Waals surface area contributed by atoms with Crippen molar-refractivity contribution in [3.05, 3.63) is 35.4 Å². The van der Waals surface area contributed by atoms with Gasteiger partial charge in [-0.15, -0.1) is 0 Å². The fraction of sp³-hybridized carbons (Fsp3) is 0.750. The predicted octanol–water partition coefficient (Wildman–Crippen LogP) is 2.61. The summed E-state index contributed by atoms with van der Waals surface area (Å²) >= 11 is 0. The van der Waals surface area contributed by atoms with Crippen LogP contribution in [-0.2, 0) is 17.7 Å². The van der Waals surface area contributed by atoms with Crippen LogP contribution in [-0.4, -0.2) is 37.5 Å². The molecule has 1 aromatic carbocycles. The monoisotopic (exact) mass is 370 g/mol. The quantitative estimate of drug-likeness (QED) is 0.724. The maximum absolute atomic E-state index is 10.5. The molecule has 0 amide bonds. The van der Waals surface area contributed by atoms with Gasteiger partial charge in [0.1, 0.15) is 19.2 Å². The van der Waals surface area contributed by atoms with E-state index in [1.807, 2.05) is 0 Å². The van der Waals surface area contributed by atoms with Crippen LogP contribution in [0.1, 0.15) is 56.1 Å². The minimum atomic E-state index is -0.332. The van der Waals surface area contributed by atoms with Crippen molar-refractivity contribution in [2.24, 2.45) is 23.2 Å². The Kier molecular flexibility index (Phi) is 5.04. The Hall–Kier alpha value is -0.900. The average Bonchev–Trinajstić information content (AvgIpc) is 2.64. The van der Waals surface area contributed by atoms with Gasteiger partial charge in [-0.2, -0.15) is 0 Å². The molecule has 4 fully saturated rings. The van der Waals surface area contributed by atoms with Gasteiger partial charge in [0.15, 0.2) is 0 Å². The minimum absolute atomic E-state index is 0.332. The zero-order valence-corrected chi connectivity index (χ0v) is 16.7. The number of benzene rings is 1. The second-order valence-corrected chi connectivity index (χ2v) is 10.3. The molecular weight excluding hydrogens is 334 g/mol. The molecule has 1 aromatic rings. The molecule has 0 saturated heterocycles. The SMILES string of the molecule is O[C@@H](COCCC12CC3CC(CC(C3)C1)C2)C[NH+]1CCc2ccccc2C1. The number of aliphatic hydroxyl groups is 1. The lowest BCUT2D eigenvalue weighted by Crippen LogP contribution is -3.12. The first-order chi connectivity index (χ1) is 13.2. The molecule has 2 N–H and O–H groups in total. The maximum Gasteiger partial charge on any atom is 0.126 e. The highest BCUT2D eigenvalue weighted by Gasteiger charge is 2.50. The Bertz CT molecular complexity index is 622. The molecule has 5 aliphatic rings. The summed E-state index contributed by atoms with van der Waals surface area (Å²) in [5.41, 5.74) is 3.54. The maximum atomic E-state index is 10.5. The van der Waals surface area contributed by atoms with E-state index in [0.29, 0.717) is 12.0 Å². The summed E-state index contributed by atoms with van der Waals surface area (Å²) < 4.78 is 5.98. The number of aliphatic hydroxyl groups excluding tert-OH is 1. The first-order valence-electron chi connectivity index (χ1n) is 11.3. The fourth-order valence-corrected chi connectivity index (χ4v) is 7.31. The van der Waals surface area contributed by atoms with Gasteiger partial charge in [0.05, 0.1) is 13.2 Å². The summed E-state index contributed by atoms with van der Waals surface area (Å²) in [5.74, 6) is 3.06. The Labute approximate surface area is 164 Å². The van der Waals surface area contributed by atoms with E-state index in [2.05, 4.69) is 24.3 Å². The largest absolute Gasteiger partial charge is 0.385 e. The molecule has 2 atom stereocenters. The lowest BCUT2D eigenvalue weighted by atomic mass is 9.49. The van der Waals surface area contributed by atoms with Crippen LogP contribution in [0.25, 0.3) is 0 Å². The molecule has 0 radical (unpaired) electrons. The molecule has 6 rings (SSSR count). The van der Waals surface area contributed by atoms with Gasteiger partial charge < -0.3 is 14.7 Å². The number of hydrogen-bond acceptors (Lipinski definition) is 2. The van der Waals surface area contributed by atoms with Crippen molar-refractivity contribution >= 4 is 0 Å². The van der Waals surface area contributed by atoms with E-state index in [4.69, 9.17) is 4.74 Å². The highest BCUT2D eigenvalue weighted by atomic mass is 16.5. The zero-order valence-electron chi connectivity index (χ0n) is 16.7. The second-order valence-electron chi connectivity index (χ2n) is 10.3. The molecule has 148 valence electrons. The van der Waals surface area contributed by atoms with E-state index in [-0.39, 0.29) is 6.10 Å². The molecule has 1 unspecified atom stereocenters. The Morgan fingerprint density at radius 1 is 1.04 bits per heavy atom. The van der Waals surface area contributed by atoms with Gasteiger partial charge in [0.25, 0.3) is 0 Å². The smallest absolute Gasteiger partial charge is 0.126 e. The minimum Gasteiger partial charge on any atom is -0.385 e. The molecule has 0 spiro atoms. The van der Waals surface area contributed by atoms with Crippen LogP contribution in [0.5, 0.6) is 0 Å². The Balaban J connectivity index is 1.04. The van der Waals surface area contributed by atoms with E-state index in [1.165, 1.54) is 61.0 Å². The lowest BCUT2D eigenvalue weighted by Gasteiger charge is -2.57. The van der Waals surface area contributed by atoms with Gasteiger partial charge in [-0.3, -0.25) is 0 Å². The van der Waals surface area contributed by atoms with Crippen molar-refractivity contribution in [2.45, 2.75) is 64.0 Å². The molecule has 27 heavy (non-hydrogen) atoms. The van der Waals surface area contributed by atoms with Crippen molar-refractivity contribution in [1.29, 1.82) is 0 Å². The predicted molar refractivity (Wildman–Crippen MR) is 107 cm³/mol. The van der Waals surface area contributed by atoms with Gasteiger partial charge in [-0.1, -0.05) is 24.3 Å². The average molecular weight is 371 g/mol. The van der Waals surface area contributed by atoms with Gasteiger partial charge in [0, 0.05) is 18.6 Å². The number of fused-ring (bicyclic) bond motifs is 1. The summed E-state index contributed by atoms with van der Waals surface area (Å²) in [4.78, 5) is 1.49. The van der Waals surface area contributed by atoms with Crippen molar-refractivity contribution in [3.8, 4) is 0 Å². The van der Waals surface area contributed by atoms with Crippen LogP contribution in [0.15, 0.2) is 24.3 Å². The highest BCUT2D eigenvalue weighted by molar-refractivity contribution is 5.27. The summed E-state index contributed by atoms with van der Waals surface area (Å²) in [6, 6.07) is 8.75. The van der Waals surface area contributed by atoms with Crippen molar-refractivity contribution in [3.63, 3.8) is 0 Å². The van der Waals surface area contributed by atoms with Crippen LogP contribution in [0.4, 0.5) is 0 Å². The summed E-state index contributed by atoms with van der Waals surface area (Å²) in [5, 5.41) is 10.5. The topological polar surface area (TPSA) is 33.9 Å². The highest BCUT2D eigenvalue weighted by Crippen LogP contribution is 2.61. The third-order valence-electron chi connectivity index (χ3n) is 8.08. The summed E-state index contributed by atoms with van der Waals surface area (Å²) in [6.07, 6.45) is 11.0. The van der Waals surface area contributed by atoms with E-state index in [1.54, 1.807) is 0 Å². The standard InChI is InChI=1S/C24H35NO2/c26-23(16-25-7-5-21-3-1-2-4-22(21)15-25)17-27-8-6-24-12-18-9-19(13-24)11-20(10-18)14-24/h1-4,18-20,23,26H,5-17H2/p+1/t18?,19?,20?,23-,24?/m1/s1. The van der Waals surface area contributed by atoms with E-state index in [9.17, 15) is 5.11 Å². The molecule has 3 nitrogen and oxygen atoms in total. The summed E-state index contributed by atoms with van der Waals surface area (Å²) in [7, 11) is 0. The van der Waals surface area contributed by atoms with E-state index < -0.39 is 0 Å². The van der Waals surface area contributed by atoms with Gasteiger partial charge in [0.2, 0.25) is 0 Å². The number of nitrogens with one attached hydrogen (secondary N) is 1. The number of ether oxygens (including phenoxy) is 1. The molecule has 4 saturated carbocycles. The molecule has 1 aliphatic heterocycles. The lowest BCUT2D eigenvalue weighted by molar-refractivity contribution is -0.919. The second kappa shape index (κ2) is 7.50. The Morgan fingerprint density at radius 2 is 1.70 bits per heavy atom. The van der Waals surface area contributed by atoms with Crippen molar-refractivity contribution in [1.82, 2.24) is 0 Å². The molecule has 0 aromatic heterocycles. The molecular formula is C24H36NO2+. The van der Waals surface area contributed by atoms with Crippen LogP contribution < -0.4 is 4.90 Å². The van der Waals surface area contributed by atoms with Crippen LogP contribution in [0.3, 0.4) is 0 Å². The Morgan fingerprint density at radius 3 is 2.41 bits per heavy atom. The van der Waals surface area contributed by atoms with Crippen LogP contribution >= 0.6 is 0 Å². The third kappa shape index (κ3) is 3.97. The van der Waals surface area contributed by atoms with Gasteiger partial charge in [-0.25, -0.2) is 0 Å². The fourth-order valence-electron chi connectivity index (χ4n) is 7.31. The number of hydrogen-bond donors (Lipinski definition) is 2. The van der Waals surface area contributed by atoms with Crippen LogP contribution in [0.2, 0.25) is 0 Å². The van der Waals surface area contributed by atoms with E-state index in [0.717, 1.165) is 50.4 Å². The first kappa shape index (κ1) is 18.1. The van der Waals surface area contributed by atoms with E-state index >= 15 is 0 Å². The molecule has 1 heterocycles. The third-order valence-corrected chi connectivity index (χ3v) is 8.08. The molecule has 3 heteroatoms. The molecule has 4 bridgehead atoms. The van der Waals surface area contributed by atoms with Crippen molar-refractivity contribution in [2.75, 3.05) is 26.3 Å². The number of rotatable bonds is 7. The van der Waals surface area contributed by atoms with Crippen LogP contribution in [0, 0.1) is 23.2 Å². The first-order valence-corrected chi connectivity index (χ1v) is 11.3. The normalized spacial score (nSPS) is 38.0. The van der Waals surface area contributed by atoms with Gasteiger partial charge >= 0.3 is 0 Å². The zero-order chi connectivity index (χ0) is 18.3. The van der Waals surface area contributed by atoms with Crippen molar-refractivity contribution < 1.29 is 14.7 Å². The molecule has 4 aliphatic carbocycles. The number of quaternary nitrogens is 1. The van der Waals surface area contributed by atoms with Gasteiger partial charge in [-0.05, 0) is 73.7 Å².